The zero-order valence-corrected chi connectivity index (χ0v) is 14.2. The molecule has 2 aliphatic rings. The number of carbonyl (C=O) groups excluding carboxylic acids is 1. The van der Waals surface area contributed by atoms with Gasteiger partial charge in [0.15, 0.2) is 0 Å². The molecule has 1 aromatic carbocycles. The van der Waals surface area contributed by atoms with E-state index in [0.717, 1.165) is 38.1 Å². The standard InChI is InChI=1S/C18H24N4O2/c1-21(2)18(23)20-15-12-22(16-7-4-8-24-17(15)16)11-14-6-3-5-13(9-14)10-19/h3,5-6,9,15-17H,4,7-8,11-12H2,1-2H3,(H,20,23)/t15-,16-,17-/m1/s1. The highest BCUT2D eigenvalue weighted by atomic mass is 16.5. The summed E-state index contributed by atoms with van der Waals surface area (Å²) in [6.45, 7) is 2.30. The first-order valence-electron chi connectivity index (χ1n) is 8.41. The van der Waals surface area contributed by atoms with Crippen LogP contribution in [0.2, 0.25) is 0 Å². The van der Waals surface area contributed by atoms with Gasteiger partial charge < -0.3 is 15.0 Å². The molecule has 2 fully saturated rings. The number of carbonyl (C=O) groups is 1. The molecule has 1 aromatic rings. The van der Waals surface area contributed by atoms with Crippen molar-refractivity contribution in [1.82, 2.24) is 15.1 Å². The number of benzene rings is 1. The van der Waals surface area contributed by atoms with Gasteiger partial charge in [0, 0.05) is 39.8 Å². The monoisotopic (exact) mass is 328 g/mol. The summed E-state index contributed by atoms with van der Waals surface area (Å²) in [5.74, 6) is 0. The average Bonchev–Trinajstić information content (AvgIpc) is 2.93. The normalized spacial score (nSPS) is 26.5. The molecular formula is C18H24N4O2. The fourth-order valence-electron chi connectivity index (χ4n) is 3.62. The maximum absolute atomic E-state index is 12.0. The second-order valence-corrected chi connectivity index (χ2v) is 6.74. The minimum Gasteiger partial charge on any atom is -0.374 e. The van der Waals surface area contributed by atoms with Gasteiger partial charge in [0.25, 0.3) is 0 Å². The van der Waals surface area contributed by atoms with Gasteiger partial charge in [-0.15, -0.1) is 0 Å². The van der Waals surface area contributed by atoms with Gasteiger partial charge in [0.2, 0.25) is 0 Å². The Labute approximate surface area is 143 Å². The van der Waals surface area contributed by atoms with Gasteiger partial charge in [-0.25, -0.2) is 4.79 Å². The summed E-state index contributed by atoms with van der Waals surface area (Å²) >= 11 is 0. The molecule has 3 rings (SSSR count). The van der Waals surface area contributed by atoms with Crippen molar-refractivity contribution in [2.75, 3.05) is 27.2 Å². The molecular weight excluding hydrogens is 304 g/mol. The number of urea groups is 1. The van der Waals surface area contributed by atoms with Crippen molar-refractivity contribution in [2.24, 2.45) is 0 Å². The Morgan fingerprint density at radius 3 is 3.08 bits per heavy atom. The summed E-state index contributed by atoms with van der Waals surface area (Å²) in [4.78, 5) is 16.0. The van der Waals surface area contributed by atoms with Crippen LogP contribution in [0.5, 0.6) is 0 Å². The molecule has 2 heterocycles. The van der Waals surface area contributed by atoms with E-state index in [1.54, 1.807) is 19.0 Å². The van der Waals surface area contributed by atoms with E-state index in [1.807, 2.05) is 24.3 Å². The van der Waals surface area contributed by atoms with E-state index in [0.29, 0.717) is 11.6 Å². The molecule has 128 valence electrons. The van der Waals surface area contributed by atoms with Crippen LogP contribution in [0.1, 0.15) is 24.0 Å². The van der Waals surface area contributed by atoms with Gasteiger partial charge in [0.1, 0.15) is 0 Å². The second-order valence-electron chi connectivity index (χ2n) is 6.74. The predicted octanol–water partition coefficient (Wildman–Crippen LogP) is 1.56. The van der Waals surface area contributed by atoms with E-state index >= 15 is 0 Å². The molecule has 0 saturated carbocycles. The first kappa shape index (κ1) is 16.7. The van der Waals surface area contributed by atoms with Gasteiger partial charge in [-0.3, -0.25) is 4.90 Å². The van der Waals surface area contributed by atoms with Crippen molar-refractivity contribution in [3.63, 3.8) is 0 Å². The molecule has 3 atom stereocenters. The molecule has 2 saturated heterocycles. The number of nitrogens with one attached hydrogen (secondary N) is 1. The van der Waals surface area contributed by atoms with Crippen LogP contribution in [-0.2, 0) is 11.3 Å². The van der Waals surface area contributed by atoms with Crippen LogP contribution in [0.25, 0.3) is 0 Å². The highest BCUT2D eigenvalue weighted by molar-refractivity contribution is 5.74. The number of nitrogens with zero attached hydrogens (tertiary/aromatic N) is 3. The number of hydrogen-bond donors (Lipinski definition) is 1. The molecule has 2 aliphatic heterocycles. The maximum atomic E-state index is 12.0. The first-order chi connectivity index (χ1) is 11.6. The van der Waals surface area contributed by atoms with Crippen molar-refractivity contribution in [2.45, 2.75) is 37.6 Å². The van der Waals surface area contributed by atoms with Crippen molar-refractivity contribution in [1.29, 1.82) is 5.26 Å². The smallest absolute Gasteiger partial charge is 0.317 e. The highest BCUT2D eigenvalue weighted by Gasteiger charge is 2.44. The lowest BCUT2D eigenvalue weighted by molar-refractivity contribution is -0.0207. The Morgan fingerprint density at radius 1 is 1.50 bits per heavy atom. The third-order valence-electron chi connectivity index (χ3n) is 4.79. The van der Waals surface area contributed by atoms with Crippen LogP contribution < -0.4 is 5.32 Å². The van der Waals surface area contributed by atoms with Crippen LogP contribution in [0.15, 0.2) is 24.3 Å². The largest absolute Gasteiger partial charge is 0.374 e. The zero-order chi connectivity index (χ0) is 17.1. The minimum absolute atomic E-state index is 0.00403. The van der Waals surface area contributed by atoms with Crippen molar-refractivity contribution in [3.8, 4) is 6.07 Å². The van der Waals surface area contributed by atoms with Crippen molar-refractivity contribution in [3.05, 3.63) is 35.4 Å². The highest BCUT2D eigenvalue weighted by Crippen LogP contribution is 2.30. The van der Waals surface area contributed by atoms with Gasteiger partial charge in [-0.05, 0) is 30.5 Å². The Balaban J connectivity index is 1.73. The number of nitriles is 1. The molecule has 0 spiro atoms. The number of hydrogen-bond acceptors (Lipinski definition) is 4. The Morgan fingerprint density at radius 2 is 2.33 bits per heavy atom. The number of amides is 2. The SMILES string of the molecule is CN(C)C(=O)N[C@@H]1CN(Cc2cccc(C#N)c2)[C@@H]2CCCO[C@@H]21. The van der Waals surface area contributed by atoms with E-state index in [1.165, 1.54) is 0 Å². The minimum atomic E-state index is -0.0822. The first-order valence-corrected chi connectivity index (χ1v) is 8.41. The molecule has 2 amide bonds. The summed E-state index contributed by atoms with van der Waals surface area (Å²) in [5, 5.41) is 12.2. The molecule has 0 unspecified atom stereocenters. The number of ether oxygens (including phenoxy) is 1. The topological polar surface area (TPSA) is 68.6 Å². The fraction of sp³-hybridized carbons (Fsp3) is 0.556. The van der Waals surface area contributed by atoms with Crippen LogP contribution in [0, 0.1) is 11.3 Å². The lowest BCUT2D eigenvalue weighted by Crippen LogP contribution is -2.50. The van der Waals surface area contributed by atoms with Gasteiger partial charge >= 0.3 is 6.03 Å². The summed E-state index contributed by atoms with van der Waals surface area (Å²) in [5.41, 5.74) is 1.80. The summed E-state index contributed by atoms with van der Waals surface area (Å²) in [6, 6.07) is 10.2. The summed E-state index contributed by atoms with van der Waals surface area (Å²) in [7, 11) is 3.49. The van der Waals surface area contributed by atoms with E-state index in [2.05, 4.69) is 16.3 Å². The van der Waals surface area contributed by atoms with Gasteiger partial charge in [-0.2, -0.15) is 5.26 Å². The quantitative estimate of drug-likeness (QED) is 0.914. The summed E-state index contributed by atoms with van der Waals surface area (Å²) < 4.78 is 5.98. The number of likely N-dealkylation sites (tertiary alicyclic amines) is 1. The molecule has 6 heteroatoms. The average molecular weight is 328 g/mol. The van der Waals surface area contributed by atoms with Crippen LogP contribution in [0.4, 0.5) is 4.79 Å². The van der Waals surface area contributed by atoms with Crippen LogP contribution in [-0.4, -0.2) is 61.3 Å². The lowest BCUT2D eigenvalue weighted by Gasteiger charge is -2.32. The van der Waals surface area contributed by atoms with Gasteiger partial charge in [0.05, 0.1) is 23.8 Å². The Kier molecular flexibility index (Phi) is 5.03. The Hall–Kier alpha value is -2.10. The van der Waals surface area contributed by atoms with Crippen molar-refractivity contribution >= 4 is 6.03 Å². The third kappa shape index (κ3) is 3.53. The molecule has 0 aliphatic carbocycles. The molecule has 0 bridgehead atoms. The number of fused-ring (bicyclic) bond motifs is 1. The Bertz CT molecular complexity index is 640. The predicted molar refractivity (Wildman–Crippen MR) is 90.3 cm³/mol. The van der Waals surface area contributed by atoms with E-state index in [-0.39, 0.29) is 18.2 Å². The molecule has 0 aromatic heterocycles. The summed E-state index contributed by atoms with van der Waals surface area (Å²) in [6.07, 6.45) is 2.17. The maximum Gasteiger partial charge on any atom is 0.317 e. The molecule has 24 heavy (non-hydrogen) atoms. The van der Waals surface area contributed by atoms with E-state index < -0.39 is 0 Å². The number of rotatable bonds is 3. The third-order valence-corrected chi connectivity index (χ3v) is 4.79. The molecule has 6 nitrogen and oxygen atoms in total. The van der Waals surface area contributed by atoms with Crippen LogP contribution >= 0.6 is 0 Å². The fourth-order valence-corrected chi connectivity index (χ4v) is 3.62. The lowest BCUT2D eigenvalue weighted by atomic mass is 10.0. The molecule has 1 N–H and O–H groups in total. The van der Waals surface area contributed by atoms with Gasteiger partial charge in [-0.1, -0.05) is 12.1 Å². The van der Waals surface area contributed by atoms with E-state index in [9.17, 15) is 4.79 Å². The second kappa shape index (κ2) is 7.20. The van der Waals surface area contributed by atoms with E-state index in [4.69, 9.17) is 10.00 Å². The zero-order valence-electron chi connectivity index (χ0n) is 14.2. The molecule has 0 radical (unpaired) electrons. The van der Waals surface area contributed by atoms with Crippen LogP contribution in [0.3, 0.4) is 0 Å². The van der Waals surface area contributed by atoms with Crippen molar-refractivity contribution < 1.29 is 9.53 Å².